The summed E-state index contributed by atoms with van der Waals surface area (Å²) in [6.45, 7) is 2.23. The number of fused-ring (bicyclic) bond motifs is 3. The van der Waals surface area contributed by atoms with Gasteiger partial charge in [-0.05, 0) is 66.7 Å². The normalized spacial score (nSPS) is 26.7. The fourth-order valence-corrected chi connectivity index (χ4v) is 9.02. The van der Waals surface area contributed by atoms with Crippen LogP contribution in [0.1, 0.15) is 75.2 Å². The Hall–Kier alpha value is -4.35. The molecule has 2 aromatic heterocycles. The maximum absolute atomic E-state index is 14.6. The second-order valence-corrected chi connectivity index (χ2v) is 16.8. The van der Waals surface area contributed by atoms with E-state index in [1.165, 1.54) is 9.58 Å². The van der Waals surface area contributed by atoms with Crippen molar-refractivity contribution in [3.8, 4) is 17.4 Å². The van der Waals surface area contributed by atoms with Gasteiger partial charge in [-0.2, -0.15) is 9.82 Å². The Morgan fingerprint density at radius 2 is 1.96 bits per heavy atom. The van der Waals surface area contributed by atoms with Gasteiger partial charge in [-0.15, -0.1) is 0 Å². The smallest absolute Gasteiger partial charge is 0.287 e. The quantitative estimate of drug-likeness (QED) is 0.201. The van der Waals surface area contributed by atoms with Crippen molar-refractivity contribution in [1.29, 1.82) is 0 Å². The number of aromatic nitrogens is 3. The molecule has 1 unspecified atom stereocenters. The Labute approximate surface area is 330 Å². The van der Waals surface area contributed by atoms with Gasteiger partial charge in [0.05, 0.1) is 41.6 Å². The van der Waals surface area contributed by atoms with Gasteiger partial charge in [-0.25, -0.2) is 4.98 Å². The van der Waals surface area contributed by atoms with Crippen LogP contribution in [-0.2, 0) is 32.8 Å². The third-order valence-corrected chi connectivity index (χ3v) is 12.8. The molecule has 4 heterocycles. The monoisotopic (exact) mass is 839 g/mol. The van der Waals surface area contributed by atoms with Crippen LogP contribution >= 0.6 is 15.9 Å². The highest BCUT2D eigenvalue weighted by Crippen LogP contribution is 2.46. The fraction of sp³-hybridized carbons (Fsp3) is 0.526. The molecule has 0 spiro atoms. The van der Waals surface area contributed by atoms with Gasteiger partial charge in [0.25, 0.3) is 11.8 Å². The van der Waals surface area contributed by atoms with Crippen LogP contribution in [0.4, 0.5) is 0 Å². The van der Waals surface area contributed by atoms with E-state index in [2.05, 4.69) is 41.4 Å². The zero-order valence-corrected chi connectivity index (χ0v) is 33.4. The number of nitrogens with one attached hydrogen (secondary N) is 3. The van der Waals surface area contributed by atoms with Crippen LogP contribution in [0.25, 0.3) is 10.9 Å². The molecule has 7 rings (SSSR count). The van der Waals surface area contributed by atoms with Crippen LogP contribution < -0.4 is 29.6 Å². The highest BCUT2D eigenvalue weighted by molar-refractivity contribution is 9.10. The average Bonchev–Trinajstić information content (AvgIpc) is 4.05. The number of pyridine rings is 1. The van der Waals surface area contributed by atoms with Gasteiger partial charge in [-0.3, -0.25) is 23.9 Å². The molecule has 55 heavy (non-hydrogen) atoms. The molecule has 2 saturated carbocycles. The van der Waals surface area contributed by atoms with Gasteiger partial charge in [-0.1, -0.05) is 25.0 Å². The summed E-state index contributed by atoms with van der Waals surface area (Å²) in [6.07, 6.45) is 10.3. The van der Waals surface area contributed by atoms with Crippen LogP contribution in [0.2, 0.25) is 0 Å². The van der Waals surface area contributed by atoms with Gasteiger partial charge in [0.1, 0.15) is 46.2 Å². The molecule has 4 aliphatic rings. The zero-order chi connectivity index (χ0) is 38.9. The first-order valence-electron chi connectivity index (χ1n) is 18.8. The first kappa shape index (κ1) is 38.9. The number of carbonyl (C=O) groups is 4. The fourth-order valence-electron chi connectivity index (χ4n) is 7.32. The molecular formula is C38H46BrN7O8S. The summed E-state index contributed by atoms with van der Waals surface area (Å²) in [5, 5.41) is 10.7. The molecular weight excluding hydrogens is 794 g/mol. The van der Waals surface area contributed by atoms with Crippen molar-refractivity contribution in [2.45, 2.75) is 93.7 Å². The van der Waals surface area contributed by atoms with E-state index in [-0.39, 0.29) is 29.8 Å². The van der Waals surface area contributed by atoms with Crippen molar-refractivity contribution in [3.05, 3.63) is 52.8 Å². The van der Waals surface area contributed by atoms with Crippen molar-refractivity contribution >= 4 is 61.8 Å². The molecule has 15 nitrogen and oxygen atoms in total. The summed E-state index contributed by atoms with van der Waals surface area (Å²) >= 11 is 2.05. The summed E-state index contributed by atoms with van der Waals surface area (Å²) in [4.78, 5) is 62.4. The van der Waals surface area contributed by atoms with Gasteiger partial charge in [0.2, 0.25) is 17.7 Å². The minimum atomic E-state index is -1.55. The van der Waals surface area contributed by atoms with E-state index in [0.717, 1.165) is 32.1 Å². The molecule has 4 amide bonds. The number of halogens is 1. The zero-order valence-electron chi connectivity index (χ0n) is 31.0. The highest BCUT2D eigenvalue weighted by Gasteiger charge is 2.62. The Kier molecular flexibility index (Phi) is 11.6. The molecule has 2 aliphatic heterocycles. The Bertz CT molecular complexity index is 1990. The van der Waals surface area contributed by atoms with E-state index in [1.54, 1.807) is 38.6 Å². The number of allylic oxidation sites excluding steroid dienone is 1. The van der Waals surface area contributed by atoms with Crippen molar-refractivity contribution in [2.75, 3.05) is 20.3 Å². The van der Waals surface area contributed by atoms with E-state index in [0.29, 0.717) is 58.6 Å². The van der Waals surface area contributed by atoms with Crippen LogP contribution in [0.5, 0.6) is 17.4 Å². The second kappa shape index (κ2) is 16.4. The topological polar surface area (TPSA) is 189 Å². The van der Waals surface area contributed by atoms with Crippen LogP contribution in [0, 0.1) is 5.92 Å². The summed E-state index contributed by atoms with van der Waals surface area (Å²) in [5.74, 6) is -0.940. The number of methoxy groups -OCH3 is 1. The highest BCUT2D eigenvalue weighted by atomic mass is 79.9. The molecule has 3 fully saturated rings. The van der Waals surface area contributed by atoms with Crippen molar-refractivity contribution in [2.24, 2.45) is 13.0 Å². The number of hydrogen-bond acceptors (Lipinski definition) is 10. The van der Waals surface area contributed by atoms with E-state index in [4.69, 9.17) is 14.2 Å². The van der Waals surface area contributed by atoms with E-state index in [1.807, 2.05) is 25.1 Å². The minimum absolute atomic E-state index is 0.0201. The molecule has 1 saturated heterocycles. The molecule has 0 radical (unpaired) electrons. The molecule has 17 heteroatoms. The first-order valence-corrected chi connectivity index (χ1v) is 20.8. The Morgan fingerprint density at radius 3 is 2.69 bits per heavy atom. The maximum atomic E-state index is 14.6. The van der Waals surface area contributed by atoms with E-state index in [9.17, 15) is 23.7 Å². The third-order valence-electron chi connectivity index (χ3n) is 10.5. The Morgan fingerprint density at radius 1 is 1.15 bits per heavy atom. The molecule has 3 N–H and O–H groups in total. The van der Waals surface area contributed by atoms with E-state index < -0.39 is 58.7 Å². The van der Waals surface area contributed by atoms with Crippen molar-refractivity contribution in [1.82, 2.24) is 35.0 Å². The number of ether oxygens (including phenoxy) is 3. The lowest BCUT2D eigenvalue weighted by Crippen LogP contribution is -2.58. The molecule has 0 bridgehead atoms. The third kappa shape index (κ3) is 8.43. The van der Waals surface area contributed by atoms with Crippen LogP contribution in [-0.4, -0.2) is 97.1 Å². The van der Waals surface area contributed by atoms with Gasteiger partial charge < -0.3 is 34.3 Å². The first-order chi connectivity index (χ1) is 26.5. The predicted octanol–water partition coefficient (Wildman–Crippen LogP) is 3.62. The number of aryl methyl sites for hydroxylation is 1. The van der Waals surface area contributed by atoms with Gasteiger partial charge >= 0.3 is 0 Å². The summed E-state index contributed by atoms with van der Waals surface area (Å²) in [6, 6.07) is 4.86. The van der Waals surface area contributed by atoms with Gasteiger partial charge in [0.15, 0.2) is 0 Å². The second-order valence-electron chi connectivity index (χ2n) is 14.5. The Balaban J connectivity index is 1.21. The van der Waals surface area contributed by atoms with Crippen molar-refractivity contribution in [3.63, 3.8) is 0 Å². The number of amides is 4. The van der Waals surface area contributed by atoms with Gasteiger partial charge in [0, 0.05) is 49.9 Å². The lowest BCUT2D eigenvalue weighted by atomic mass is 10.0. The number of hydrogen-bond donors (Lipinski definition) is 3. The number of carbonyl (C=O) groups excluding carboxylic acids is 4. The molecule has 6 atom stereocenters. The molecule has 1 aromatic carbocycles. The number of rotatable bonds is 10. The predicted molar refractivity (Wildman–Crippen MR) is 207 cm³/mol. The minimum Gasteiger partial charge on any atom is -0.593 e. The average molecular weight is 841 g/mol. The van der Waals surface area contributed by atoms with Crippen LogP contribution in [0.3, 0.4) is 0 Å². The largest absolute Gasteiger partial charge is 0.593 e. The van der Waals surface area contributed by atoms with E-state index >= 15 is 0 Å². The summed E-state index contributed by atoms with van der Waals surface area (Å²) < 4.78 is 35.5. The standard InChI is InChI=1S/C38H46BrN7O8S/c1-4-53-31-19-30(25-14-15-29(52-3)32(39)33(25)41-31)54-23-18-28-35(48)42-38(37(50)44-55(51)24-12-13-24)20-22(38)10-8-6-5-7-9-11-27(36(49)46(28)21-23)40-34(47)26-16-17-45(2)43-26/h8,10,14-17,19,22-24,27-28H,4-7,9,11-13,18,20-21H2,1-3H3,(H,40,47)(H,42,48)(H,44,50)/b10-8-/t22-,23-,27+,28+,38-,55?/m1/s1. The number of benzene rings is 1. The molecule has 3 aromatic rings. The summed E-state index contributed by atoms with van der Waals surface area (Å²) in [5.41, 5.74) is -0.594. The number of nitrogens with zero attached hydrogens (tertiary/aromatic N) is 4. The maximum Gasteiger partial charge on any atom is 0.287 e. The molecule has 2 aliphatic carbocycles. The van der Waals surface area contributed by atoms with Crippen molar-refractivity contribution < 1.29 is 37.9 Å². The summed E-state index contributed by atoms with van der Waals surface area (Å²) in [7, 11) is 3.26. The van der Waals surface area contributed by atoms with Crippen LogP contribution in [0.15, 0.2) is 47.1 Å². The lowest BCUT2D eigenvalue weighted by molar-refractivity contribution is -0.141. The lowest BCUT2D eigenvalue weighted by Gasteiger charge is -2.29. The SMILES string of the molecule is CCOc1cc(O[C@@H]2C[C@H]3C(=O)N[C@]4(C(=O)N[S+]([O-])C5CC5)C[C@H]4/C=C\CCCCC[C@H](NC(=O)c4ccn(C)n4)C(=O)N3C2)c2ccc(OC)c(Br)c2n1. The molecule has 294 valence electrons.